The third-order valence-electron chi connectivity index (χ3n) is 2.20. The summed E-state index contributed by atoms with van der Waals surface area (Å²) < 4.78 is 5.15. The Hall–Kier alpha value is -0.340. The Morgan fingerprint density at radius 3 is 2.75 bits per heavy atom. The van der Waals surface area contributed by atoms with Crippen molar-refractivity contribution in [3.05, 3.63) is 12.2 Å². The molecule has 2 nitrogen and oxygen atoms in total. The Kier molecular flexibility index (Phi) is 3.76. The molecule has 0 aliphatic heterocycles. The van der Waals surface area contributed by atoms with E-state index in [9.17, 15) is 0 Å². The van der Waals surface area contributed by atoms with Crippen LogP contribution in [0, 0.1) is 5.92 Å². The van der Waals surface area contributed by atoms with Gasteiger partial charge in [0.05, 0.1) is 6.61 Å². The minimum atomic E-state index is 0.548. The van der Waals surface area contributed by atoms with E-state index in [2.05, 4.69) is 11.9 Å². The number of ether oxygens (including phenoxy) is 1. The maximum Gasteiger partial charge on any atom is 0.0618 e. The quantitative estimate of drug-likeness (QED) is 0.609. The fourth-order valence-electron chi connectivity index (χ4n) is 1.35. The topological polar surface area (TPSA) is 21.3 Å². The Labute approximate surface area is 75.0 Å². The summed E-state index contributed by atoms with van der Waals surface area (Å²) in [5, 5.41) is 3.46. The van der Waals surface area contributed by atoms with Gasteiger partial charge in [0.25, 0.3) is 0 Å². The lowest BCUT2D eigenvalue weighted by molar-refractivity contribution is 0.159. The monoisotopic (exact) mass is 169 g/mol. The van der Waals surface area contributed by atoms with E-state index in [1.165, 1.54) is 18.4 Å². The highest BCUT2D eigenvalue weighted by molar-refractivity contribution is 4.94. The normalized spacial score (nSPS) is 19.2. The standard InChI is InChI=1S/C10H19NO/c1-8(2)6-11-10(7-12-3)9-4-5-9/h9-11H,1,4-7H2,2-3H3. The first-order chi connectivity index (χ1) is 5.74. The van der Waals surface area contributed by atoms with Gasteiger partial charge in [-0.2, -0.15) is 0 Å². The van der Waals surface area contributed by atoms with Gasteiger partial charge in [0, 0.05) is 19.7 Å². The van der Waals surface area contributed by atoms with Crippen molar-refractivity contribution in [2.24, 2.45) is 5.92 Å². The van der Waals surface area contributed by atoms with Crippen molar-refractivity contribution in [2.45, 2.75) is 25.8 Å². The van der Waals surface area contributed by atoms with Gasteiger partial charge in [-0.3, -0.25) is 0 Å². The van der Waals surface area contributed by atoms with Gasteiger partial charge in [0.15, 0.2) is 0 Å². The summed E-state index contributed by atoms with van der Waals surface area (Å²) in [4.78, 5) is 0. The van der Waals surface area contributed by atoms with Crippen molar-refractivity contribution in [1.82, 2.24) is 5.32 Å². The molecule has 1 aliphatic rings. The first kappa shape index (κ1) is 9.75. The molecule has 0 amide bonds. The van der Waals surface area contributed by atoms with E-state index in [1.54, 1.807) is 7.11 Å². The minimum absolute atomic E-state index is 0.548. The molecule has 0 aromatic heterocycles. The lowest BCUT2D eigenvalue weighted by Gasteiger charge is -2.16. The zero-order chi connectivity index (χ0) is 8.97. The summed E-state index contributed by atoms with van der Waals surface area (Å²) in [7, 11) is 1.76. The summed E-state index contributed by atoms with van der Waals surface area (Å²) in [5.74, 6) is 0.851. The van der Waals surface area contributed by atoms with Gasteiger partial charge in [-0.25, -0.2) is 0 Å². The van der Waals surface area contributed by atoms with E-state index in [-0.39, 0.29) is 0 Å². The van der Waals surface area contributed by atoms with Gasteiger partial charge in [-0.1, -0.05) is 12.2 Å². The third kappa shape index (κ3) is 3.37. The number of nitrogens with one attached hydrogen (secondary N) is 1. The minimum Gasteiger partial charge on any atom is -0.383 e. The molecule has 2 heteroatoms. The summed E-state index contributed by atoms with van der Waals surface area (Å²) in [6.07, 6.45) is 2.72. The van der Waals surface area contributed by atoms with Crippen LogP contribution in [0.3, 0.4) is 0 Å². The van der Waals surface area contributed by atoms with Crippen LogP contribution in [0.4, 0.5) is 0 Å². The SMILES string of the molecule is C=C(C)CNC(COC)C1CC1. The zero-order valence-corrected chi connectivity index (χ0v) is 8.10. The summed E-state index contributed by atoms with van der Waals surface area (Å²) in [6, 6.07) is 0.548. The molecule has 0 aromatic rings. The van der Waals surface area contributed by atoms with Crippen LogP contribution in [0.25, 0.3) is 0 Å². The van der Waals surface area contributed by atoms with E-state index in [0.29, 0.717) is 6.04 Å². The van der Waals surface area contributed by atoms with Crippen molar-refractivity contribution in [3.63, 3.8) is 0 Å². The maximum absolute atomic E-state index is 5.15. The number of rotatable bonds is 6. The van der Waals surface area contributed by atoms with E-state index < -0.39 is 0 Å². The predicted molar refractivity (Wildman–Crippen MR) is 51.2 cm³/mol. The number of methoxy groups -OCH3 is 1. The van der Waals surface area contributed by atoms with Crippen molar-refractivity contribution < 1.29 is 4.74 Å². The highest BCUT2D eigenvalue weighted by Gasteiger charge is 2.30. The fourth-order valence-corrected chi connectivity index (χ4v) is 1.35. The first-order valence-electron chi connectivity index (χ1n) is 4.60. The third-order valence-corrected chi connectivity index (χ3v) is 2.20. The largest absolute Gasteiger partial charge is 0.383 e. The molecule has 0 saturated heterocycles. The highest BCUT2D eigenvalue weighted by atomic mass is 16.5. The van der Waals surface area contributed by atoms with Crippen molar-refractivity contribution >= 4 is 0 Å². The number of hydrogen-bond donors (Lipinski definition) is 1. The molecule has 0 aromatic carbocycles. The molecule has 1 rings (SSSR count). The van der Waals surface area contributed by atoms with Crippen LogP contribution in [-0.2, 0) is 4.74 Å². The zero-order valence-electron chi connectivity index (χ0n) is 8.10. The van der Waals surface area contributed by atoms with Gasteiger partial charge >= 0.3 is 0 Å². The second-order valence-electron chi connectivity index (χ2n) is 3.74. The molecule has 0 heterocycles. The lowest BCUT2D eigenvalue weighted by Crippen LogP contribution is -2.36. The van der Waals surface area contributed by atoms with Gasteiger partial charge in [-0.15, -0.1) is 0 Å². The van der Waals surface area contributed by atoms with Crippen LogP contribution in [0.1, 0.15) is 19.8 Å². The molecule has 0 radical (unpaired) electrons. The molecule has 12 heavy (non-hydrogen) atoms. The van der Waals surface area contributed by atoms with E-state index in [4.69, 9.17) is 4.74 Å². The molecule has 1 fully saturated rings. The molecule has 1 N–H and O–H groups in total. The summed E-state index contributed by atoms with van der Waals surface area (Å²) in [6.45, 7) is 7.66. The first-order valence-corrected chi connectivity index (χ1v) is 4.60. The smallest absolute Gasteiger partial charge is 0.0618 e. The molecular formula is C10H19NO. The van der Waals surface area contributed by atoms with Gasteiger partial charge in [0.1, 0.15) is 0 Å². The molecule has 1 aliphatic carbocycles. The van der Waals surface area contributed by atoms with Crippen LogP contribution in [0.5, 0.6) is 0 Å². The van der Waals surface area contributed by atoms with Crippen LogP contribution >= 0.6 is 0 Å². The molecule has 70 valence electrons. The van der Waals surface area contributed by atoms with Crippen molar-refractivity contribution in [1.29, 1.82) is 0 Å². The van der Waals surface area contributed by atoms with Crippen LogP contribution in [-0.4, -0.2) is 26.3 Å². The highest BCUT2D eigenvalue weighted by Crippen LogP contribution is 2.32. The fraction of sp³-hybridized carbons (Fsp3) is 0.800. The Bertz CT molecular complexity index is 152. The summed E-state index contributed by atoms with van der Waals surface area (Å²) in [5.41, 5.74) is 1.19. The molecule has 1 atom stereocenters. The van der Waals surface area contributed by atoms with Gasteiger partial charge < -0.3 is 10.1 Å². The van der Waals surface area contributed by atoms with Crippen LogP contribution in [0.15, 0.2) is 12.2 Å². The van der Waals surface area contributed by atoms with Crippen molar-refractivity contribution in [2.75, 3.05) is 20.3 Å². The predicted octanol–water partition coefficient (Wildman–Crippen LogP) is 1.58. The molecule has 1 saturated carbocycles. The number of hydrogen-bond acceptors (Lipinski definition) is 2. The summed E-state index contributed by atoms with van der Waals surface area (Å²) >= 11 is 0. The van der Waals surface area contributed by atoms with Crippen LogP contribution < -0.4 is 5.32 Å². The Morgan fingerprint density at radius 1 is 1.67 bits per heavy atom. The Morgan fingerprint density at radius 2 is 2.33 bits per heavy atom. The molecule has 0 bridgehead atoms. The van der Waals surface area contributed by atoms with Crippen molar-refractivity contribution in [3.8, 4) is 0 Å². The molecular weight excluding hydrogens is 150 g/mol. The average Bonchev–Trinajstić information content (AvgIpc) is 2.79. The van der Waals surface area contributed by atoms with E-state index in [1.807, 2.05) is 6.92 Å². The van der Waals surface area contributed by atoms with E-state index >= 15 is 0 Å². The maximum atomic E-state index is 5.15. The van der Waals surface area contributed by atoms with Gasteiger partial charge in [0.2, 0.25) is 0 Å². The Balaban J connectivity index is 2.18. The lowest BCUT2D eigenvalue weighted by atomic mass is 10.2. The molecule has 1 unspecified atom stereocenters. The van der Waals surface area contributed by atoms with E-state index in [0.717, 1.165) is 19.1 Å². The second kappa shape index (κ2) is 4.63. The van der Waals surface area contributed by atoms with Gasteiger partial charge in [-0.05, 0) is 25.7 Å². The molecule has 0 spiro atoms. The van der Waals surface area contributed by atoms with Crippen LogP contribution in [0.2, 0.25) is 0 Å². The average molecular weight is 169 g/mol. The second-order valence-corrected chi connectivity index (χ2v) is 3.74.